The number of rotatable bonds is 3. The molecule has 0 spiro atoms. The van der Waals surface area contributed by atoms with Gasteiger partial charge in [0.2, 0.25) is 5.91 Å². The summed E-state index contributed by atoms with van der Waals surface area (Å²) >= 11 is 0. The number of benzene rings is 1. The lowest BCUT2D eigenvalue weighted by Crippen LogP contribution is -2.63. The van der Waals surface area contributed by atoms with Gasteiger partial charge in [-0.3, -0.25) is 14.6 Å². The largest absolute Gasteiger partial charge is 0.352 e. The average Bonchev–Trinajstić information content (AvgIpc) is 3.31. The minimum atomic E-state index is -0.961. The van der Waals surface area contributed by atoms with E-state index >= 15 is 0 Å². The lowest BCUT2D eigenvalue weighted by molar-refractivity contribution is -0.133. The van der Waals surface area contributed by atoms with Crippen LogP contribution in [0.15, 0.2) is 67.1 Å². The van der Waals surface area contributed by atoms with E-state index in [9.17, 15) is 9.59 Å². The van der Waals surface area contributed by atoms with Crippen LogP contribution in [0.2, 0.25) is 0 Å². The van der Waals surface area contributed by atoms with Gasteiger partial charge in [0.25, 0.3) is 5.91 Å². The zero-order valence-corrected chi connectivity index (χ0v) is 20.2. The average molecular weight is 479 g/mol. The van der Waals surface area contributed by atoms with Gasteiger partial charge in [0.05, 0.1) is 5.69 Å². The van der Waals surface area contributed by atoms with Gasteiger partial charge in [-0.2, -0.15) is 5.10 Å². The summed E-state index contributed by atoms with van der Waals surface area (Å²) in [7, 11) is 0. The number of aryl methyl sites for hydroxylation is 1. The van der Waals surface area contributed by atoms with Crippen LogP contribution in [0.25, 0.3) is 28.2 Å². The third-order valence-corrected chi connectivity index (χ3v) is 7.15. The Kier molecular flexibility index (Phi) is 5.17. The Bertz CT molecular complexity index is 1480. The molecule has 36 heavy (non-hydrogen) atoms. The molecule has 3 aromatic heterocycles. The van der Waals surface area contributed by atoms with Crippen LogP contribution < -0.4 is 5.32 Å². The van der Waals surface area contributed by atoms with E-state index in [-0.39, 0.29) is 11.8 Å². The van der Waals surface area contributed by atoms with Crippen molar-refractivity contribution in [1.29, 1.82) is 0 Å². The summed E-state index contributed by atoms with van der Waals surface area (Å²) in [6.07, 6.45) is 6.81. The molecule has 2 amide bonds. The second kappa shape index (κ2) is 8.41. The summed E-state index contributed by atoms with van der Waals surface area (Å²) in [6, 6.07) is 16.0. The summed E-state index contributed by atoms with van der Waals surface area (Å²) in [6.45, 7) is 4.41. The van der Waals surface area contributed by atoms with Gasteiger partial charge in [-0.25, -0.2) is 9.67 Å². The van der Waals surface area contributed by atoms with Crippen LogP contribution in [-0.2, 0) is 17.6 Å². The number of aromatic nitrogens is 4. The summed E-state index contributed by atoms with van der Waals surface area (Å²) in [5, 5.41) is 7.71. The fraction of sp³-hybridized carbons (Fsp3) is 0.250. The molecule has 1 aromatic carbocycles. The number of fused-ring (bicyclic) bond motifs is 3. The van der Waals surface area contributed by atoms with Crippen molar-refractivity contribution >= 4 is 11.8 Å². The monoisotopic (exact) mass is 478 g/mol. The van der Waals surface area contributed by atoms with Crippen molar-refractivity contribution in [3.8, 4) is 28.2 Å². The zero-order chi connectivity index (χ0) is 24.9. The minimum absolute atomic E-state index is 0.161. The van der Waals surface area contributed by atoms with Crippen molar-refractivity contribution in [2.45, 2.75) is 32.2 Å². The number of amides is 2. The Morgan fingerprint density at radius 2 is 1.92 bits per heavy atom. The molecule has 180 valence electrons. The first-order valence-corrected chi connectivity index (χ1v) is 12.1. The van der Waals surface area contributed by atoms with Crippen molar-refractivity contribution < 1.29 is 9.59 Å². The number of hydrogen-bond donors (Lipinski definition) is 1. The Morgan fingerprint density at radius 3 is 2.69 bits per heavy atom. The summed E-state index contributed by atoms with van der Waals surface area (Å²) < 4.78 is 1.78. The number of pyridine rings is 2. The van der Waals surface area contributed by atoms with Crippen molar-refractivity contribution in [1.82, 2.24) is 30.0 Å². The van der Waals surface area contributed by atoms with E-state index in [1.807, 2.05) is 36.5 Å². The highest BCUT2D eigenvalue weighted by molar-refractivity contribution is 6.01. The van der Waals surface area contributed by atoms with Crippen LogP contribution in [0.1, 0.15) is 35.5 Å². The quantitative estimate of drug-likeness (QED) is 0.487. The van der Waals surface area contributed by atoms with E-state index in [1.54, 1.807) is 35.8 Å². The molecular weight excluding hydrogens is 452 g/mol. The number of nitrogens with one attached hydrogen (secondary N) is 1. The van der Waals surface area contributed by atoms with Crippen molar-refractivity contribution in [2.75, 3.05) is 13.1 Å². The molecule has 8 heteroatoms. The summed E-state index contributed by atoms with van der Waals surface area (Å²) in [4.78, 5) is 36.9. The maximum atomic E-state index is 13.9. The molecule has 1 aliphatic carbocycles. The highest BCUT2D eigenvalue weighted by Gasteiger charge is 2.43. The van der Waals surface area contributed by atoms with Crippen LogP contribution in [-0.4, -0.2) is 55.1 Å². The topological polar surface area (TPSA) is 93.0 Å². The summed E-state index contributed by atoms with van der Waals surface area (Å²) in [5.74, 6) is 0.252. The second-order valence-electron chi connectivity index (χ2n) is 9.66. The van der Waals surface area contributed by atoms with E-state index in [1.165, 1.54) is 5.56 Å². The minimum Gasteiger partial charge on any atom is -0.352 e. The third kappa shape index (κ3) is 3.48. The molecule has 1 aliphatic heterocycles. The van der Waals surface area contributed by atoms with Crippen molar-refractivity contribution in [2.24, 2.45) is 0 Å². The molecule has 0 saturated carbocycles. The van der Waals surface area contributed by atoms with E-state index in [0.717, 1.165) is 34.4 Å². The van der Waals surface area contributed by atoms with Gasteiger partial charge >= 0.3 is 0 Å². The second-order valence-corrected chi connectivity index (χ2v) is 9.66. The van der Waals surface area contributed by atoms with Gasteiger partial charge in [-0.1, -0.05) is 24.3 Å². The highest BCUT2D eigenvalue weighted by atomic mass is 16.2. The van der Waals surface area contributed by atoms with Crippen LogP contribution in [0.5, 0.6) is 0 Å². The normalized spacial score (nSPS) is 16.2. The van der Waals surface area contributed by atoms with Gasteiger partial charge in [0, 0.05) is 48.4 Å². The van der Waals surface area contributed by atoms with Crippen LogP contribution in [0.3, 0.4) is 0 Å². The fourth-order valence-electron chi connectivity index (χ4n) is 5.15. The lowest BCUT2D eigenvalue weighted by atomic mass is 9.86. The lowest BCUT2D eigenvalue weighted by Gasteiger charge is -2.40. The smallest absolute Gasteiger partial charge is 0.275 e. The Labute approximate surface area is 209 Å². The molecule has 0 unspecified atom stereocenters. The highest BCUT2D eigenvalue weighted by Crippen LogP contribution is 2.39. The predicted octanol–water partition coefficient (Wildman–Crippen LogP) is 3.45. The molecule has 8 nitrogen and oxygen atoms in total. The maximum Gasteiger partial charge on any atom is 0.275 e. The number of nitrogens with zero attached hydrogens (tertiary/aromatic N) is 5. The first-order valence-electron chi connectivity index (χ1n) is 12.1. The molecule has 2 aliphatic rings. The van der Waals surface area contributed by atoms with Gasteiger partial charge in [0.15, 0.2) is 11.5 Å². The zero-order valence-electron chi connectivity index (χ0n) is 20.2. The van der Waals surface area contributed by atoms with Crippen molar-refractivity contribution in [3.05, 3.63) is 83.9 Å². The molecule has 1 N–H and O–H groups in total. The number of hydrogen-bond acceptors (Lipinski definition) is 5. The maximum absolute atomic E-state index is 13.9. The SMILES string of the molecule is CC1(C)C(=O)NCCN1C(=O)c1nn(-c2ccccn2)c2c1CCc1ccc(-c3cccnc3)cc1-2. The predicted molar refractivity (Wildman–Crippen MR) is 136 cm³/mol. The van der Waals surface area contributed by atoms with Gasteiger partial charge in [-0.15, -0.1) is 0 Å². The van der Waals surface area contributed by atoms with E-state index < -0.39 is 5.54 Å². The molecule has 1 saturated heterocycles. The van der Waals surface area contributed by atoms with Crippen LogP contribution in [0, 0.1) is 0 Å². The molecule has 0 atom stereocenters. The van der Waals surface area contributed by atoms with Gasteiger partial charge < -0.3 is 10.2 Å². The Balaban J connectivity index is 1.54. The van der Waals surface area contributed by atoms with Gasteiger partial charge in [-0.05, 0) is 62.1 Å². The van der Waals surface area contributed by atoms with Crippen LogP contribution in [0.4, 0.5) is 0 Å². The Morgan fingerprint density at radius 1 is 1.03 bits per heavy atom. The van der Waals surface area contributed by atoms with E-state index in [0.29, 0.717) is 31.0 Å². The Hall–Kier alpha value is -4.33. The molecular formula is C28H26N6O2. The fourth-order valence-corrected chi connectivity index (χ4v) is 5.15. The van der Waals surface area contributed by atoms with Crippen molar-refractivity contribution in [3.63, 3.8) is 0 Å². The molecule has 0 bridgehead atoms. The van der Waals surface area contributed by atoms with E-state index in [4.69, 9.17) is 5.10 Å². The molecule has 4 heterocycles. The first kappa shape index (κ1) is 22.2. The van der Waals surface area contributed by atoms with Gasteiger partial charge in [0.1, 0.15) is 5.54 Å². The summed E-state index contributed by atoms with van der Waals surface area (Å²) in [5.41, 5.74) is 5.49. The number of carbonyl (C=O) groups excluding carboxylic acids is 2. The van der Waals surface area contributed by atoms with Crippen LogP contribution >= 0.6 is 0 Å². The molecule has 1 fully saturated rings. The third-order valence-electron chi connectivity index (χ3n) is 7.15. The number of carbonyl (C=O) groups is 2. The first-order chi connectivity index (χ1) is 17.4. The van der Waals surface area contributed by atoms with E-state index in [2.05, 4.69) is 33.5 Å². The standard InChI is InChI=1S/C28H26N6O2/c1-28(2)27(36)31-14-15-33(28)26(35)24-21-11-10-18-8-9-19(20-6-5-12-29-17-20)16-22(18)25(21)34(32-24)23-7-3-4-13-30-23/h3-9,12-13,16-17H,10-11,14-15H2,1-2H3,(H,31,36). The molecule has 6 rings (SSSR count). The molecule has 4 aromatic rings. The molecule has 0 radical (unpaired) electrons. The number of piperazine rings is 1.